The summed E-state index contributed by atoms with van der Waals surface area (Å²) >= 11 is 7.43. The highest BCUT2D eigenvalue weighted by Crippen LogP contribution is 2.23. The molecule has 25 heavy (non-hydrogen) atoms. The van der Waals surface area contributed by atoms with Gasteiger partial charge in [0.2, 0.25) is 4.80 Å². The molecule has 3 nitrogen and oxygen atoms in total. The molecule has 0 aliphatic heterocycles. The summed E-state index contributed by atoms with van der Waals surface area (Å²) in [6.07, 6.45) is 3.66. The third kappa shape index (κ3) is 4.56. The average molecular weight is 524 g/mol. The van der Waals surface area contributed by atoms with E-state index in [0.29, 0.717) is 6.54 Å². The second-order valence-corrected chi connectivity index (χ2v) is 8.04. The number of aromatic nitrogens is 1. The van der Waals surface area contributed by atoms with Crippen LogP contribution in [0, 0.1) is 3.57 Å². The first kappa shape index (κ1) is 18.3. The Labute approximate surface area is 172 Å². The van der Waals surface area contributed by atoms with Crippen LogP contribution in [0.3, 0.4) is 0 Å². The predicted octanol–water partition coefficient (Wildman–Crippen LogP) is 5.55. The zero-order valence-electron chi connectivity index (χ0n) is 13.3. The standard InChI is InChI=1S/C19H15BrIN3S/c1-2-10-22-19-24(23-12-15-6-3-4-9-17(15)21)18(13-25-19)14-7-5-8-16(20)11-14/h2-9,11-13H,1,10H2/b22-19?,23-12+. The molecule has 0 amide bonds. The fourth-order valence-electron chi connectivity index (χ4n) is 2.21. The van der Waals surface area contributed by atoms with Crippen LogP contribution in [0.25, 0.3) is 11.3 Å². The number of benzene rings is 2. The third-order valence-electron chi connectivity index (χ3n) is 3.38. The molecule has 0 bridgehead atoms. The van der Waals surface area contributed by atoms with Gasteiger partial charge in [-0.3, -0.25) is 4.99 Å². The molecule has 0 atom stereocenters. The molecular formula is C19H15BrIN3S. The Kier molecular flexibility index (Phi) is 6.39. The van der Waals surface area contributed by atoms with Crippen LogP contribution in [0.1, 0.15) is 5.56 Å². The fourth-order valence-corrected chi connectivity index (χ4v) is 3.98. The SMILES string of the molecule is C=CCN=c1scc(-c2cccc(Br)c2)n1/N=C/c1ccccc1I. The van der Waals surface area contributed by atoms with Gasteiger partial charge in [0.25, 0.3) is 0 Å². The van der Waals surface area contributed by atoms with Crippen LogP contribution in [0.2, 0.25) is 0 Å². The summed E-state index contributed by atoms with van der Waals surface area (Å²) in [6.45, 7) is 4.31. The molecular weight excluding hydrogens is 509 g/mol. The highest BCUT2D eigenvalue weighted by Gasteiger charge is 2.08. The minimum atomic E-state index is 0.566. The van der Waals surface area contributed by atoms with E-state index in [1.165, 1.54) is 0 Å². The molecule has 0 aliphatic carbocycles. The Morgan fingerprint density at radius 3 is 2.80 bits per heavy atom. The van der Waals surface area contributed by atoms with E-state index in [9.17, 15) is 0 Å². The lowest BCUT2D eigenvalue weighted by atomic mass is 10.2. The Balaban J connectivity index is 2.10. The van der Waals surface area contributed by atoms with E-state index in [4.69, 9.17) is 5.10 Å². The first-order valence-electron chi connectivity index (χ1n) is 7.56. The predicted molar refractivity (Wildman–Crippen MR) is 118 cm³/mol. The summed E-state index contributed by atoms with van der Waals surface area (Å²) in [4.78, 5) is 5.41. The molecule has 0 saturated carbocycles. The molecule has 2 aromatic carbocycles. The van der Waals surface area contributed by atoms with E-state index < -0.39 is 0 Å². The molecule has 0 fully saturated rings. The second kappa shape index (κ2) is 8.73. The lowest BCUT2D eigenvalue weighted by molar-refractivity contribution is 0.840. The van der Waals surface area contributed by atoms with Gasteiger partial charge >= 0.3 is 0 Å². The van der Waals surface area contributed by atoms with Gasteiger partial charge in [0.15, 0.2) is 0 Å². The number of thiazole rings is 1. The van der Waals surface area contributed by atoms with Gasteiger partial charge in [0.1, 0.15) is 0 Å². The van der Waals surface area contributed by atoms with Crippen LogP contribution < -0.4 is 4.80 Å². The van der Waals surface area contributed by atoms with E-state index in [0.717, 1.165) is 29.7 Å². The van der Waals surface area contributed by atoms with Gasteiger partial charge in [-0.15, -0.1) is 17.9 Å². The number of halogens is 2. The first-order chi connectivity index (χ1) is 12.2. The minimum absolute atomic E-state index is 0.566. The van der Waals surface area contributed by atoms with Crippen LogP contribution in [-0.4, -0.2) is 17.4 Å². The van der Waals surface area contributed by atoms with E-state index in [1.807, 2.05) is 35.2 Å². The lowest BCUT2D eigenvalue weighted by Crippen LogP contribution is -2.12. The summed E-state index contributed by atoms with van der Waals surface area (Å²) in [5.74, 6) is 0. The Morgan fingerprint density at radius 2 is 2.04 bits per heavy atom. The topological polar surface area (TPSA) is 29.6 Å². The van der Waals surface area contributed by atoms with Crippen molar-refractivity contribution in [2.75, 3.05) is 6.54 Å². The Morgan fingerprint density at radius 1 is 1.20 bits per heavy atom. The fraction of sp³-hybridized carbons (Fsp3) is 0.0526. The van der Waals surface area contributed by atoms with Crippen molar-refractivity contribution in [1.82, 2.24) is 4.68 Å². The van der Waals surface area contributed by atoms with Crippen molar-refractivity contribution in [1.29, 1.82) is 0 Å². The summed E-state index contributed by atoms with van der Waals surface area (Å²) in [6, 6.07) is 16.3. The van der Waals surface area contributed by atoms with Gasteiger partial charge in [-0.25, -0.2) is 4.68 Å². The smallest absolute Gasteiger partial charge is 0.206 e. The van der Waals surface area contributed by atoms with Crippen molar-refractivity contribution in [3.05, 3.63) is 85.0 Å². The number of hydrogen-bond donors (Lipinski definition) is 0. The van der Waals surface area contributed by atoms with Crippen LogP contribution in [-0.2, 0) is 0 Å². The highest BCUT2D eigenvalue weighted by atomic mass is 127. The summed E-state index contributed by atoms with van der Waals surface area (Å²) < 4.78 is 4.08. The molecule has 1 heterocycles. The molecule has 0 aliphatic rings. The normalized spacial score (nSPS) is 12.0. The zero-order chi connectivity index (χ0) is 17.6. The molecule has 0 saturated heterocycles. The quantitative estimate of drug-likeness (QED) is 0.238. The van der Waals surface area contributed by atoms with Gasteiger partial charge in [0.05, 0.1) is 18.5 Å². The maximum atomic E-state index is 4.71. The van der Waals surface area contributed by atoms with E-state index in [2.05, 4.69) is 79.7 Å². The van der Waals surface area contributed by atoms with Crippen molar-refractivity contribution in [2.24, 2.45) is 10.1 Å². The minimum Gasteiger partial charge on any atom is -0.253 e. The van der Waals surface area contributed by atoms with Gasteiger partial charge in [0, 0.05) is 24.5 Å². The average Bonchev–Trinajstić information content (AvgIpc) is 3.02. The maximum Gasteiger partial charge on any atom is 0.206 e. The molecule has 0 spiro atoms. The van der Waals surface area contributed by atoms with Gasteiger partial charge in [-0.05, 0) is 40.8 Å². The molecule has 3 rings (SSSR count). The second-order valence-electron chi connectivity index (χ2n) is 5.12. The Hall–Kier alpha value is -1.51. The van der Waals surface area contributed by atoms with E-state index in [-0.39, 0.29) is 0 Å². The molecule has 0 unspecified atom stereocenters. The van der Waals surface area contributed by atoms with Gasteiger partial charge in [-0.1, -0.05) is 52.3 Å². The van der Waals surface area contributed by atoms with Crippen molar-refractivity contribution < 1.29 is 0 Å². The number of nitrogens with zero attached hydrogens (tertiary/aromatic N) is 3. The van der Waals surface area contributed by atoms with E-state index >= 15 is 0 Å². The molecule has 126 valence electrons. The zero-order valence-corrected chi connectivity index (χ0v) is 17.8. The lowest BCUT2D eigenvalue weighted by Gasteiger charge is -2.04. The van der Waals surface area contributed by atoms with Crippen LogP contribution in [0.5, 0.6) is 0 Å². The molecule has 0 radical (unpaired) electrons. The van der Waals surface area contributed by atoms with Crippen molar-refractivity contribution in [3.63, 3.8) is 0 Å². The molecule has 6 heteroatoms. The van der Waals surface area contributed by atoms with Crippen molar-refractivity contribution >= 4 is 56.1 Å². The van der Waals surface area contributed by atoms with Crippen molar-refractivity contribution in [3.8, 4) is 11.3 Å². The van der Waals surface area contributed by atoms with Gasteiger partial charge < -0.3 is 0 Å². The molecule has 0 N–H and O–H groups in total. The number of rotatable bonds is 5. The largest absolute Gasteiger partial charge is 0.253 e. The van der Waals surface area contributed by atoms with Gasteiger partial charge in [-0.2, -0.15) is 5.10 Å². The summed E-state index contributed by atoms with van der Waals surface area (Å²) in [7, 11) is 0. The molecule has 3 aromatic rings. The molecule has 1 aromatic heterocycles. The van der Waals surface area contributed by atoms with Crippen molar-refractivity contribution in [2.45, 2.75) is 0 Å². The van der Waals surface area contributed by atoms with Crippen LogP contribution in [0.15, 0.2) is 81.1 Å². The van der Waals surface area contributed by atoms with E-state index in [1.54, 1.807) is 17.4 Å². The van der Waals surface area contributed by atoms with Crippen LogP contribution >= 0.6 is 49.9 Å². The highest BCUT2D eigenvalue weighted by molar-refractivity contribution is 14.1. The summed E-state index contributed by atoms with van der Waals surface area (Å²) in [5, 5.41) is 6.79. The maximum absolute atomic E-state index is 4.71. The monoisotopic (exact) mass is 523 g/mol. The third-order valence-corrected chi connectivity index (χ3v) is 5.71. The first-order valence-corrected chi connectivity index (χ1v) is 10.3. The Bertz CT molecular complexity index is 988. The summed E-state index contributed by atoms with van der Waals surface area (Å²) in [5.41, 5.74) is 3.18. The number of hydrogen-bond acceptors (Lipinski definition) is 3. The van der Waals surface area contributed by atoms with Crippen LogP contribution in [0.4, 0.5) is 0 Å².